The minimum Gasteiger partial charge on any atom is -0.309 e. The van der Waals surface area contributed by atoms with E-state index >= 15 is 0 Å². The van der Waals surface area contributed by atoms with Gasteiger partial charge in [-0.2, -0.15) is 0 Å². The lowest BCUT2D eigenvalue weighted by atomic mass is 10.0. The Hall–Kier alpha value is -8.41. The topological polar surface area (TPSA) is 48.5 Å². The molecule has 0 atom stereocenters. The minimum atomic E-state index is 0.640. The molecule has 0 unspecified atom stereocenters. The van der Waals surface area contributed by atoms with Gasteiger partial charge in [-0.1, -0.05) is 158 Å². The van der Waals surface area contributed by atoms with E-state index in [-0.39, 0.29) is 0 Å². The number of fused-ring (bicyclic) bond motifs is 10. The van der Waals surface area contributed by atoms with Crippen molar-refractivity contribution in [3.63, 3.8) is 0 Å². The lowest BCUT2D eigenvalue weighted by Crippen LogP contribution is -2.00. The van der Waals surface area contributed by atoms with Crippen LogP contribution in [0.5, 0.6) is 0 Å². The Balaban J connectivity index is 0.985. The maximum absolute atomic E-state index is 5.10. The van der Waals surface area contributed by atoms with Crippen molar-refractivity contribution in [2.75, 3.05) is 0 Å². The van der Waals surface area contributed by atoms with Crippen molar-refractivity contribution in [1.29, 1.82) is 0 Å². The Morgan fingerprint density at radius 3 is 1.56 bits per heavy atom. The number of nitrogens with zero attached hydrogens (tertiary/aromatic N) is 5. The quantitative estimate of drug-likeness (QED) is 0.174. The van der Waals surface area contributed by atoms with Gasteiger partial charge in [0.1, 0.15) is 0 Å². The van der Waals surface area contributed by atoms with E-state index in [4.69, 9.17) is 15.0 Å². The third kappa shape index (κ3) is 5.38. The van der Waals surface area contributed by atoms with Gasteiger partial charge in [-0.3, -0.25) is 0 Å². The number of benzene rings is 10. The molecule has 0 fully saturated rings. The van der Waals surface area contributed by atoms with Gasteiger partial charge in [0.15, 0.2) is 17.5 Å². The summed E-state index contributed by atoms with van der Waals surface area (Å²) in [5.41, 5.74) is 9.84. The van der Waals surface area contributed by atoms with Crippen LogP contribution in [0, 0.1) is 0 Å². The molecule has 0 aliphatic rings. The standard InChI is InChI=1S/C57H35N5/c1-3-15-38(16-4-1)55-58-56(42-25-23-36-13-7-8-17-39(36)31-42)60-57(59-55)43-26-24-41-33-45(29-27-40(41)32-43)61-51-22-12-11-21-47(51)49-34-50-48-30-28-37-14-9-10-20-46(37)54(48)62(53(50)35-52(49)61)44-18-5-2-6-19-44/h1-35H. The number of hydrogen-bond donors (Lipinski definition) is 0. The fourth-order valence-electron chi connectivity index (χ4n) is 9.55. The monoisotopic (exact) mass is 789 g/mol. The molecule has 0 amide bonds. The van der Waals surface area contributed by atoms with Crippen LogP contribution in [-0.2, 0) is 0 Å². The summed E-state index contributed by atoms with van der Waals surface area (Å²) in [6, 6.07) is 75.9. The van der Waals surface area contributed by atoms with E-state index in [0.29, 0.717) is 17.5 Å². The van der Waals surface area contributed by atoms with Crippen LogP contribution in [0.4, 0.5) is 0 Å². The van der Waals surface area contributed by atoms with Gasteiger partial charge < -0.3 is 9.13 Å². The fourth-order valence-corrected chi connectivity index (χ4v) is 9.55. The van der Waals surface area contributed by atoms with Gasteiger partial charge in [0, 0.05) is 55.0 Å². The number of aromatic nitrogens is 5. The van der Waals surface area contributed by atoms with Crippen molar-refractivity contribution in [1.82, 2.24) is 24.1 Å². The molecule has 13 rings (SSSR count). The Morgan fingerprint density at radius 1 is 0.258 bits per heavy atom. The third-order valence-corrected chi connectivity index (χ3v) is 12.5. The van der Waals surface area contributed by atoms with E-state index in [0.717, 1.165) is 44.2 Å². The largest absolute Gasteiger partial charge is 0.309 e. The number of rotatable bonds is 5. The normalized spacial score (nSPS) is 11.9. The van der Waals surface area contributed by atoms with Crippen molar-refractivity contribution in [3.05, 3.63) is 212 Å². The van der Waals surface area contributed by atoms with E-state index in [2.05, 4.69) is 191 Å². The van der Waals surface area contributed by atoms with E-state index in [1.165, 1.54) is 59.8 Å². The summed E-state index contributed by atoms with van der Waals surface area (Å²) in [5, 5.41) is 12.0. The molecule has 0 aliphatic carbocycles. The van der Waals surface area contributed by atoms with Crippen LogP contribution in [0.3, 0.4) is 0 Å². The zero-order chi connectivity index (χ0) is 40.7. The Kier molecular flexibility index (Phi) is 7.54. The van der Waals surface area contributed by atoms with E-state index in [1.54, 1.807) is 0 Å². The minimum absolute atomic E-state index is 0.640. The molecule has 13 aromatic rings. The van der Waals surface area contributed by atoms with Crippen LogP contribution < -0.4 is 0 Å². The van der Waals surface area contributed by atoms with Crippen molar-refractivity contribution >= 4 is 75.9 Å². The summed E-state index contributed by atoms with van der Waals surface area (Å²) in [6.45, 7) is 0. The third-order valence-electron chi connectivity index (χ3n) is 12.5. The van der Waals surface area contributed by atoms with Gasteiger partial charge in [0.25, 0.3) is 0 Å². The summed E-state index contributed by atoms with van der Waals surface area (Å²) < 4.78 is 4.88. The molecule has 0 spiro atoms. The average Bonchev–Trinajstić information content (AvgIpc) is 3.85. The molecule has 0 saturated heterocycles. The fraction of sp³-hybridized carbons (Fsp3) is 0. The SMILES string of the molecule is c1ccc(-c2nc(-c3ccc4ccccc4c3)nc(-c3ccc4cc(-n5c6ccccc6c6cc7c8ccc9ccccc9c8n(-c8ccccc8)c7cc65)ccc4c3)n2)cc1. The summed E-state index contributed by atoms with van der Waals surface area (Å²) in [4.78, 5) is 15.1. The Labute approximate surface area is 356 Å². The Bertz CT molecular complexity index is 3920. The molecular weight excluding hydrogens is 755 g/mol. The van der Waals surface area contributed by atoms with Gasteiger partial charge in [0.2, 0.25) is 0 Å². The summed E-state index contributed by atoms with van der Waals surface area (Å²) in [6.07, 6.45) is 0. The maximum atomic E-state index is 5.10. The summed E-state index contributed by atoms with van der Waals surface area (Å²) in [5.74, 6) is 1.94. The maximum Gasteiger partial charge on any atom is 0.164 e. The first-order valence-electron chi connectivity index (χ1n) is 21.0. The molecule has 3 heterocycles. The number of hydrogen-bond acceptors (Lipinski definition) is 3. The lowest BCUT2D eigenvalue weighted by molar-refractivity contribution is 1.07. The molecule has 5 heteroatoms. The lowest BCUT2D eigenvalue weighted by Gasteiger charge is -2.12. The molecule has 0 bridgehead atoms. The van der Waals surface area contributed by atoms with E-state index in [9.17, 15) is 0 Å². The van der Waals surface area contributed by atoms with Crippen molar-refractivity contribution in [3.8, 4) is 45.5 Å². The zero-order valence-electron chi connectivity index (χ0n) is 33.4. The molecule has 288 valence electrons. The second kappa shape index (κ2) is 13.6. The highest BCUT2D eigenvalue weighted by Gasteiger charge is 2.20. The summed E-state index contributed by atoms with van der Waals surface area (Å²) in [7, 11) is 0. The van der Waals surface area contributed by atoms with E-state index in [1.807, 2.05) is 30.3 Å². The molecule has 10 aromatic carbocycles. The smallest absolute Gasteiger partial charge is 0.164 e. The first kappa shape index (κ1) is 34.5. The second-order valence-electron chi connectivity index (χ2n) is 16.1. The highest BCUT2D eigenvalue weighted by atomic mass is 15.0. The van der Waals surface area contributed by atoms with Gasteiger partial charge in [-0.05, 0) is 81.5 Å². The van der Waals surface area contributed by atoms with Gasteiger partial charge in [-0.25, -0.2) is 15.0 Å². The molecule has 0 radical (unpaired) electrons. The molecular formula is C57H35N5. The van der Waals surface area contributed by atoms with E-state index < -0.39 is 0 Å². The van der Waals surface area contributed by atoms with Crippen molar-refractivity contribution < 1.29 is 0 Å². The van der Waals surface area contributed by atoms with Crippen molar-refractivity contribution in [2.24, 2.45) is 0 Å². The second-order valence-corrected chi connectivity index (χ2v) is 16.1. The van der Waals surface area contributed by atoms with Crippen molar-refractivity contribution in [2.45, 2.75) is 0 Å². The molecule has 0 aliphatic heterocycles. The van der Waals surface area contributed by atoms with Crippen LogP contribution in [0.1, 0.15) is 0 Å². The predicted octanol–water partition coefficient (Wildman–Crippen LogP) is 14.5. The molecule has 0 saturated carbocycles. The zero-order valence-corrected chi connectivity index (χ0v) is 33.4. The van der Waals surface area contributed by atoms with Crippen LogP contribution >= 0.6 is 0 Å². The van der Waals surface area contributed by atoms with Crippen LogP contribution in [0.2, 0.25) is 0 Å². The van der Waals surface area contributed by atoms with Gasteiger partial charge in [0.05, 0.1) is 22.1 Å². The van der Waals surface area contributed by atoms with Crippen LogP contribution in [0.15, 0.2) is 212 Å². The summed E-state index contributed by atoms with van der Waals surface area (Å²) >= 11 is 0. The number of para-hydroxylation sites is 2. The molecule has 3 aromatic heterocycles. The average molecular weight is 790 g/mol. The van der Waals surface area contributed by atoms with Crippen LogP contribution in [0.25, 0.3) is 121 Å². The molecule has 62 heavy (non-hydrogen) atoms. The highest BCUT2D eigenvalue weighted by molar-refractivity contribution is 6.23. The first-order chi connectivity index (χ1) is 30.7. The predicted molar refractivity (Wildman–Crippen MR) is 257 cm³/mol. The van der Waals surface area contributed by atoms with Gasteiger partial charge in [-0.15, -0.1) is 0 Å². The van der Waals surface area contributed by atoms with Crippen LogP contribution in [-0.4, -0.2) is 24.1 Å². The molecule has 0 N–H and O–H groups in total. The molecule has 5 nitrogen and oxygen atoms in total. The van der Waals surface area contributed by atoms with Gasteiger partial charge >= 0.3 is 0 Å². The highest BCUT2D eigenvalue weighted by Crippen LogP contribution is 2.42. The Morgan fingerprint density at radius 2 is 0.790 bits per heavy atom. The first-order valence-corrected chi connectivity index (χ1v) is 21.0.